The summed E-state index contributed by atoms with van der Waals surface area (Å²) in [6, 6.07) is 0. The Morgan fingerprint density at radius 3 is 2.47 bits per heavy atom. The number of nitrogens with zero attached hydrogens (tertiary/aromatic N) is 2. The molecule has 0 spiro atoms. The summed E-state index contributed by atoms with van der Waals surface area (Å²) in [6.07, 6.45) is 1.06. The molecule has 0 radical (unpaired) electrons. The molecule has 2 heterocycles. The molecule has 1 fully saturated rings. The van der Waals surface area contributed by atoms with Gasteiger partial charge in [-0.2, -0.15) is 0 Å². The largest absolute Gasteiger partial charge is 0.344 e. The summed E-state index contributed by atoms with van der Waals surface area (Å²) in [5.41, 5.74) is 2.45. The highest BCUT2D eigenvalue weighted by Crippen LogP contribution is 2.27. The van der Waals surface area contributed by atoms with E-state index in [0.717, 1.165) is 38.4 Å². The van der Waals surface area contributed by atoms with Crippen LogP contribution in [0.25, 0.3) is 0 Å². The fourth-order valence-electron chi connectivity index (χ4n) is 2.75. The number of piperazine rings is 1. The molecule has 1 aromatic heterocycles. The molecule has 0 atom stereocenters. The first kappa shape index (κ1) is 14.5. The van der Waals surface area contributed by atoms with Crippen molar-refractivity contribution in [3.63, 3.8) is 0 Å². The average molecular weight is 264 g/mol. The van der Waals surface area contributed by atoms with Crippen LogP contribution in [0.3, 0.4) is 0 Å². The maximum atomic E-state index is 4.88. The topological polar surface area (TPSA) is 44.0 Å². The van der Waals surface area contributed by atoms with Crippen LogP contribution >= 0.6 is 0 Å². The van der Waals surface area contributed by atoms with Gasteiger partial charge in [-0.15, -0.1) is 0 Å². The van der Waals surface area contributed by atoms with Gasteiger partial charge < -0.3 is 10.3 Å². The number of H-pyrrole nitrogens is 1. The van der Waals surface area contributed by atoms with Crippen molar-refractivity contribution < 1.29 is 0 Å². The van der Waals surface area contributed by atoms with Crippen molar-refractivity contribution in [2.24, 2.45) is 5.92 Å². The minimum atomic E-state index is -0.0118. The van der Waals surface area contributed by atoms with E-state index in [9.17, 15) is 0 Å². The second kappa shape index (κ2) is 5.63. The molecule has 4 nitrogen and oxygen atoms in total. The van der Waals surface area contributed by atoms with Crippen molar-refractivity contribution in [1.29, 1.82) is 0 Å². The molecule has 1 aromatic rings. The summed E-state index contributed by atoms with van der Waals surface area (Å²) in [5, 5.41) is 3.41. The molecule has 0 amide bonds. The number of nitrogens with one attached hydrogen (secondary N) is 2. The first-order chi connectivity index (χ1) is 8.91. The maximum Gasteiger partial charge on any atom is 0.126 e. The highest BCUT2D eigenvalue weighted by atomic mass is 15.3. The van der Waals surface area contributed by atoms with Crippen LogP contribution in [0.4, 0.5) is 0 Å². The molecule has 19 heavy (non-hydrogen) atoms. The lowest BCUT2D eigenvalue weighted by atomic mass is 10.0. The molecular weight excluding hydrogens is 236 g/mol. The normalized spacial score (nSPS) is 18.2. The molecule has 1 aliphatic rings. The number of hydrogen-bond donors (Lipinski definition) is 2. The van der Waals surface area contributed by atoms with E-state index in [4.69, 9.17) is 4.98 Å². The van der Waals surface area contributed by atoms with Crippen molar-refractivity contribution >= 4 is 0 Å². The quantitative estimate of drug-likeness (QED) is 0.875. The van der Waals surface area contributed by atoms with Crippen molar-refractivity contribution in [2.75, 3.05) is 26.2 Å². The summed E-state index contributed by atoms with van der Waals surface area (Å²) in [4.78, 5) is 10.9. The Bertz CT molecular complexity index is 414. The van der Waals surface area contributed by atoms with E-state index in [2.05, 4.69) is 49.8 Å². The summed E-state index contributed by atoms with van der Waals surface area (Å²) < 4.78 is 0. The molecule has 108 valence electrons. The lowest BCUT2D eigenvalue weighted by molar-refractivity contribution is 0.0954. The predicted octanol–water partition coefficient (Wildman–Crippen LogP) is 2.06. The van der Waals surface area contributed by atoms with Gasteiger partial charge in [0.25, 0.3) is 0 Å². The number of aryl methyl sites for hydroxylation is 1. The highest BCUT2D eigenvalue weighted by Gasteiger charge is 2.32. The average Bonchev–Trinajstić information content (AvgIpc) is 2.72. The van der Waals surface area contributed by atoms with Crippen molar-refractivity contribution in [3.05, 3.63) is 17.2 Å². The third-order valence-corrected chi connectivity index (χ3v) is 4.07. The van der Waals surface area contributed by atoms with E-state index in [1.54, 1.807) is 0 Å². The second-order valence-electron chi connectivity index (χ2n) is 6.55. The third-order valence-electron chi connectivity index (χ3n) is 4.07. The Balaban J connectivity index is 2.19. The summed E-state index contributed by atoms with van der Waals surface area (Å²) in [5.74, 6) is 1.76. The number of hydrogen-bond acceptors (Lipinski definition) is 3. The maximum absolute atomic E-state index is 4.88. The van der Waals surface area contributed by atoms with E-state index in [1.165, 1.54) is 11.4 Å². The Morgan fingerprint density at radius 1 is 1.26 bits per heavy atom. The molecule has 4 heteroatoms. The summed E-state index contributed by atoms with van der Waals surface area (Å²) in [6.45, 7) is 15.5. The second-order valence-corrected chi connectivity index (χ2v) is 6.55. The Kier molecular flexibility index (Phi) is 4.31. The van der Waals surface area contributed by atoms with Crippen molar-refractivity contribution in [2.45, 2.75) is 46.6 Å². The van der Waals surface area contributed by atoms with Crippen molar-refractivity contribution in [1.82, 2.24) is 20.2 Å². The first-order valence-corrected chi connectivity index (χ1v) is 7.43. The molecular formula is C15H28N4. The fraction of sp³-hybridized carbons (Fsp3) is 0.800. The zero-order chi connectivity index (χ0) is 14.0. The Labute approximate surface area is 117 Å². The fourth-order valence-corrected chi connectivity index (χ4v) is 2.75. The standard InChI is InChI=1S/C15H28N4/c1-11(2)10-13-12(3)17-14(18-13)15(4,5)19-8-6-16-7-9-19/h11,16H,6-10H2,1-5H3,(H,17,18). The molecule has 0 unspecified atom stereocenters. The van der Waals surface area contributed by atoms with Gasteiger partial charge in [0, 0.05) is 31.9 Å². The predicted molar refractivity (Wildman–Crippen MR) is 79.3 cm³/mol. The number of aromatic amines is 1. The van der Waals surface area contributed by atoms with Crippen LogP contribution in [0.1, 0.15) is 44.9 Å². The van der Waals surface area contributed by atoms with Gasteiger partial charge in [0.05, 0.1) is 11.2 Å². The molecule has 0 aliphatic carbocycles. The summed E-state index contributed by atoms with van der Waals surface area (Å²) in [7, 11) is 0. The zero-order valence-electron chi connectivity index (χ0n) is 13.0. The van der Waals surface area contributed by atoms with Crippen LogP contribution < -0.4 is 5.32 Å². The highest BCUT2D eigenvalue weighted by molar-refractivity contribution is 5.18. The van der Waals surface area contributed by atoms with E-state index in [-0.39, 0.29) is 5.54 Å². The Morgan fingerprint density at radius 2 is 1.89 bits per heavy atom. The lowest BCUT2D eigenvalue weighted by Crippen LogP contribution is -2.52. The van der Waals surface area contributed by atoms with E-state index in [1.807, 2.05) is 0 Å². The lowest BCUT2D eigenvalue weighted by Gasteiger charge is -2.39. The van der Waals surface area contributed by atoms with Gasteiger partial charge in [-0.3, -0.25) is 4.90 Å². The number of imidazole rings is 1. The number of rotatable bonds is 4. The van der Waals surface area contributed by atoms with Gasteiger partial charge in [-0.25, -0.2) is 4.98 Å². The monoisotopic (exact) mass is 264 g/mol. The van der Waals surface area contributed by atoms with Gasteiger partial charge in [0.1, 0.15) is 5.82 Å². The summed E-state index contributed by atoms with van der Waals surface area (Å²) >= 11 is 0. The Hall–Kier alpha value is -0.870. The van der Waals surface area contributed by atoms with Gasteiger partial charge in [-0.1, -0.05) is 13.8 Å². The molecule has 2 N–H and O–H groups in total. The molecule has 1 aliphatic heterocycles. The van der Waals surface area contributed by atoms with E-state index < -0.39 is 0 Å². The minimum Gasteiger partial charge on any atom is -0.344 e. The minimum absolute atomic E-state index is 0.0118. The van der Waals surface area contributed by atoms with Crippen LogP contribution in [0, 0.1) is 12.8 Å². The third kappa shape index (κ3) is 3.18. The van der Waals surface area contributed by atoms with Crippen LogP contribution in [0.2, 0.25) is 0 Å². The van der Waals surface area contributed by atoms with E-state index >= 15 is 0 Å². The van der Waals surface area contributed by atoms with Crippen molar-refractivity contribution in [3.8, 4) is 0 Å². The van der Waals surface area contributed by atoms with Gasteiger partial charge in [0.15, 0.2) is 0 Å². The molecule has 1 saturated heterocycles. The molecule has 0 saturated carbocycles. The van der Waals surface area contributed by atoms with E-state index in [0.29, 0.717) is 5.92 Å². The van der Waals surface area contributed by atoms with Gasteiger partial charge in [0.2, 0.25) is 0 Å². The zero-order valence-corrected chi connectivity index (χ0v) is 13.0. The molecule has 0 bridgehead atoms. The number of aromatic nitrogens is 2. The van der Waals surface area contributed by atoms with Crippen LogP contribution in [0.5, 0.6) is 0 Å². The van der Waals surface area contributed by atoms with Crippen LogP contribution in [-0.2, 0) is 12.0 Å². The molecule has 0 aromatic carbocycles. The SMILES string of the molecule is Cc1[nH]c(C(C)(C)N2CCNCC2)nc1CC(C)C. The van der Waals surface area contributed by atoms with Crippen LogP contribution in [-0.4, -0.2) is 41.0 Å². The smallest absolute Gasteiger partial charge is 0.126 e. The van der Waals surface area contributed by atoms with Crippen LogP contribution in [0.15, 0.2) is 0 Å². The first-order valence-electron chi connectivity index (χ1n) is 7.43. The van der Waals surface area contributed by atoms with Gasteiger partial charge >= 0.3 is 0 Å². The molecule has 2 rings (SSSR count). The van der Waals surface area contributed by atoms with Gasteiger partial charge in [-0.05, 0) is 33.1 Å².